The number of ether oxygens (including phenoxy) is 1. The summed E-state index contributed by atoms with van der Waals surface area (Å²) in [4.78, 5) is 7.10. The Bertz CT molecular complexity index is 794. The zero-order chi connectivity index (χ0) is 21.9. The predicted molar refractivity (Wildman–Crippen MR) is 144 cm³/mol. The monoisotopic (exact) mass is 497 g/mol. The molecule has 1 aromatic carbocycles. The van der Waals surface area contributed by atoms with Crippen molar-refractivity contribution in [2.24, 2.45) is 7.05 Å². The van der Waals surface area contributed by atoms with Gasteiger partial charge in [0.25, 0.3) is 0 Å². The van der Waals surface area contributed by atoms with Crippen LogP contribution in [0, 0.1) is 0 Å². The lowest BCUT2D eigenvalue weighted by Crippen LogP contribution is -2.32. The molecule has 0 fully saturated rings. The van der Waals surface area contributed by atoms with Crippen molar-refractivity contribution >= 4 is 24.8 Å². The SMILES string of the molecule is CCCCCc1ccc(OCCCCN2CCc3c(ncn3C)C2)c(CCCCC)c1.Cl.Cl. The number of hydrogen-bond acceptors (Lipinski definition) is 3. The van der Waals surface area contributed by atoms with Gasteiger partial charge in [0, 0.05) is 32.3 Å². The number of benzene rings is 1. The Morgan fingerprint density at radius 1 is 0.939 bits per heavy atom. The molecular weight excluding hydrogens is 453 g/mol. The van der Waals surface area contributed by atoms with Crippen LogP contribution in [0.15, 0.2) is 24.5 Å². The standard InChI is InChI=1S/C27H43N3O.2ClH/c1-4-6-8-12-23-14-15-27(24(20-23)13-9-7-5-2)31-19-11-10-17-30-18-16-26-25(21-30)28-22-29(26)3;;/h14-15,20,22H,4-13,16-19,21H2,1-3H3;2*1H. The van der Waals surface area contributed by atoms with Crippen molar-refractivity contribution in [1.29, 1.82) is 0 Å². The Hall–Kier alpha value is -1.23. The van der Waals surface area contributed by atoms with Gasteiger partial charge in [0.1, 0.15) is 5.75 Å². The van der Waals surface area contributed by atoms with Crippen LogP contribution in [0.25, 0.3) is 0 Å². The zero-order valence-corrected chi connectivity index (χ0v) is 22.6. The quantitative estimate of drug-likeness (QED) is 0.264. The van der Waals surface area contributed by atoms with Crippen LogP contribution in [0.3, 0.4) is 0 Å². The number of imidazole rings is 1. The second-order valence-electron chi connectivity index (χ2n) is 9.19. The first-order chi connectivity index (χ1) is 15.2. The molecule has 1 aliphatic rings. The summed E-state index contributed by atoms with van der Waals surface area (Å²) in [6, 6.07) is 6.93. The van der Waals surface area contributed by atoms with E-state index in [1.54, 1.807) is 0 Å². The number of fused-ring (bicyclic) bond motifs is 1. The van der Waals surface area contributed by atoms with Gasteiger partial charge in [-0.1, -0.05) is 51.7 Å². The van der Waals surface area contributed by atoms with Crippen molar-refractivity contribution < 1.29 is 4.74 Å². The molecule has 2 aromatic rings. The van der Waals surface area contributed by atoms with E-state index < -0.39 is 0 Å². The molecule has 0 amide bonds. The second kappa shape index (κ2) is 16.4. The fourth-order valence-electron chi connectivity index (χ4n) is 4.59. The molecule has 1 aromatic heterocycles. The summed E-state index contributed by atoms with van der Waals surface area (Å²) in [7, 11) is 2.10. The molecule has 0 spiro atoms. The molecule has 0 radical (unpaired) electrons. The van der Waals surface area contributed by atoms with Gasteiger partial charge in [0.15, 0.2) is 0 Å². The van der Waals surface area contributed by atoms with E-state index in [4.69, 9.17) is 4.74 Å². The maximum atomic E-state index is 6.26. The molecule has 0 atom stereocenters. The number of hydrogen-bond donors (Lipinski definition) is 0. The van der Waals surface area contributed by atoms with Gasteiger partial charge in [-0.3, -0.25) is 4.90 Å². The number of rotatable bonds is 14. The Labute approximate surface area is 214 Å². The summed E-state index contributed by atoms with van der Waals surface area (Å²) in [6.07, 6.45) is 15.4. The van der Waals surface area contributed by atoms with E-state index in [9.17, 15) is 0 Å². The van der Waals surface area contributed by atoms with Crippen molar-refractivity contribution in [1.82, 2.24) is 14.5 Å². The van der Waals surface area contributed by atoms with Crippen molar-refractivity contribution in [3.05, 3.63) is 47.0 Å². The molecule has 1 aliphatic heterocycles. The van der Waals surface area contributed by atoms with Crippen molar-refractivity contribution in [3.8, 4) is 5.75 Å². The fourth-order valence-corrected chi connectivity index (χ4v) is 4.59. The largest absolute Gasteiger partial charge is 0.493 e. The summed E-state index contributed by atoms with van der Waals surface area (Å²) in [5.74, 6) is 1.12. The highest BCUT2D eigenvalue weighted by Gasteiger charge is 2.19. The lowest BCUT2D eigenvalue weighted by Gasteiger charge is -2.26. The number of aryl methyl sites for hydroxylation is 3. The van der Waals surface area contributed by atoms with Crippen LogP contribution in [0.1, 0.15) is 87.7 Å². The third kappa shape index (κ3) is 9.50. The smallest absolute Gasteiger partial charge is 0.122 e. The summed E-state index contributed by atoms with van der Waals surface area (Å²) in [5.41, 5.74) is 5.57. The van der Waals surface area contributed by atoms with E-state index >= 15 is 0 Å². The highest BCUT2D eigenvalue weighted by atomic mass is 35.5. The lowest BCUT2D eigenvalue weighted by molar-refractivity contribution is 0.230. The lowest BCUT2D eigenvalue weighted by atomic mass is 10.00. The number of aromatic nitrogens is 2. The molecule has 0 saturated heterocycles. The second-order valence-corrected chi connectivity index (χ2v) is 9.19. The van der Waals surface area contributed by atoms with Gasteiger partial charge in [-0.2, -0.15) is 0 Å². The molecule has 6 heteroatoms. The number of nitrogens with zero attached hydrogens (tertiary/aromatic N) is 3. The third-order valence-electron chi connectivity index (χ3n) is 6.55. The molecule has 0 N–H and O–H groups in total. The minimum Gasteiger partial charge on any atom is -0.493 e. The van der Waals surface area contributed by atoms with Gasteiger partial charge in [0.2, 0.25) is 0 Å². The Balaban J connectivity index is 0.00000272. The minimum absolute atomic E-state index is 0. The molecule has 4 nitrogen and oxygen atoms in total. The summed E-state index contributed by atoms with van der Waals surface area (Å²) in [5, 5.41) is 0. The Morgan fingerprint density at radius 2 is 1.70 bits per heavy atom. The van der Waals surface area contributed by atoms with Gasteiger partial charge in [-0.05, 0) is 62.3 Å². The minimum atomic E-state index is 0. The van der Waals surface area contributed by atoms with Crippen LogP contribution in [-0.2, 0) is 32.9 Å². The number of unbranched alkanes of at least 4 members (excludes halogenated alkanes) is 5. The van der Waals surface area contributed by atoms with Crippen LogP contribution < -0.4 is 4.74 Å². The first-order valence-corrected chi connectivity index (χ1v) is 12.7. The maximum absolute atomic E-state index is 6.26. The van der Waals surface area contributed by atoms with Gasteiger partial charge in [0.05, 0.1) is 18.6 Å². The molecule has 33 heavy (non-hydrogen) atoms. The highest BCUT2D eigenvalue weighted by Crippen LogP contribution is 2.24. The normalized spacial score (nSPS) is 13.2. The molecule has 0 saturated carbocycles. The van der Waals surface area contributed by atoms with Gasteiger partial charge < -0.3 is 9.30 Å². The average molecular weight is 499 g/mol. The Morgan fingerprint density at radius 3 is 2.45 bits per heavy atom. The van der Waals surface area contributed by atoms with Gasteiger partial charge in [-0.15, -0.1) is 24.8 Å². The molecule has 188 valence electrons. The van der Waals surface area contributed by atoms with Crippen LogP contribution in [0.4, 0.5) is 0 Å². The van der Waals surface area contributed by atoms with E-state index in [2.05, 4.69) is 53.5 Å². The summed E-state index contributed by atoms with van der Waals surface area (Å²) >= 11 is 0. The first kappa shape index (κ1) is 29.8. The molecular formula is C27H45Cl2N3O. The first-order valence-electron chi connectivity index (χ1n) is 12.7. The molecule has 3 rings (SSSR count). The van der Waals surface area contributed by atoms with E-state index in [0.717, 1.165) is 51.3 Å². The van der Waals surface area contributed by atoms with Crippen LogP contribution in [0.2, 0.25) is 0 Å². The average Bonchev–Trinajstić information content (AvgIpc) is 3.15. The third-order valence-corrected chi connectivity index (χ3v) is 6.55. The van der Waals surface area contributed by atoms with E-state index in [-0.39, 0.29) is 24.8 Å². The van der Waals surface area contributed by atoms with Crippen LogP contribution in [0.5, 0.6) is 5.75 Å². The van der Waals surface area contributed by atoms with Crippen molar-refractivity contribution in [2.45, 2.75) is 91.0 Å². The number of halogens is 2. The summed E-state index contributed by atoms with van der Waals surface area (Å²) in [6.45, 7) is 8.65. The molecule has 0 unspecified atom stereocenters. The van der Waals surface area contributed by atoms with E-state index in [0.29, 0.717) is 0 Å². The molecule has 2 heterocycles. The van der Waals surface area contributed by atoms with Crippen molar-refractivity contribution in [3.63, 3.8) is 0 Å². The topological polar surface area (TPSA) is 30.3 Å². The highest BCUT2D eigenvalue weighted by molar-refractivity contribution is 5.85. The van der Waals surface area contributed by atoms with Crippen LogP contribution >= 0.6 is 24.8 Å². The fraction of sp³-hybridized carbons (Fsp3) is 0.667. The van der Waals surface area contributed by atoms with Crippen LogP contribution in [-0.4, -0.2) is 34.1 Å². The maximum Gasteiger partial charge on any atom is 0.122 e. The zero-order valence-electron chi connectivity index (χ0n) is 21.0. The van der Waals surface area contributed by atoms with E-state index in [1.165, 1.54) is 73.9 Å². The van der Waals surface area contributed by atoms with Gasteiger partial charge in [-0.25, -0.2) is 4.98 Å². The van der Waals surface area contributed by atoms with Crippen molar-refractivity contribution in [2.75, 3.05) is 19.7 Å². The van der Waals surface area contributed by atoms with Gasteiger partial charge >= 0.3 is 0 Å². The summed E-state index contributed by atoms with van der Waals surface area (Å²) < 4.78 is 8.44. The predicted octanol–water partition coefficient (Wildman–Crippen LogP) is 6.95. The Kier molecular flexibility index (Phi) is 14.8. The molecule has 0 bridgehead atoms. The van der Waals surface area contributed by atoms with E-state index in [1.807, 2.05) is 6.33 Å². The molecule has 0 aliphatic carbocycles.